The second-order valence-electron chi connectivity index (χ2n) is 2.83. The maximum Gasteiger partial charge on any atom is 0.343 e. The molecule has 0 fully saturated rings. The lowest BCUT2D eigenvalue weighted by Gasteiger charge is -2.07. The first-order valence-corrected chi connectivity index (χ1v) is 4.31. The number of rotatable bonds is 2. The van der Waals surface area contributed by atoms with Crippen molar-refractivity contribution in [1.29, 1.82) is 0 Å². The van der Waals surface area contributed by atoms with Gasteiger partial charge in [-0.25, -0.2) is 14.8 Å². The van der Waals surface area contributed by atoms with E-state index in [2.05, 4.69) is 14.7 Å². The van der Waals surface area contributed by atoms with Crippen LogP contribution in [-0.2, 0) is 11.2 Å². The molecule has 0 unspecified atom stereocenters. The normalized spacial score (nSPS) is 9.93. The molecule has 0 aliphatic carbocycles. The summed E-state index contributed by atoms with van der Waals surface area (Å²) in [4.78, 5) is 19.4. The van der Waals surface area contributed by atoms with Gasteiger partial charge in [-0.1, -0.05) is 6.92 Å². The molecular weight excluding hydrogens is 182 g/mol. The standard InChI is InChI=1S/C9H13N3O2/c1-4-6-11-5(2)7(8(10)12-6)9(13)14-3/h4H2,1-3H3,(H2,10,11,12). The molecule has 0 aliphatic rings. The summed E-state index contributed by atoms with van der Waals surface area (Å²) in [6.45, 7) is 3.63. The summed E-state index contributed by atoms with van der Waals surface area (Å²) in [5, 5.41) is 0. The maximum absolute atomic E-state index is 11.3. The first kappa shape index (κ1) is 10.4. The highest BCUT2D eigenvalue weighted by Gasteiger charge is 2.16. The average molecular weight is 195 g/mol. The monoisotopic (exact) mass is 195 g/mol. The molecule has 0 atom stereocenters. The second-order valence-corrected chi connectivity index (χ2v) is 2.83. The van der Waals surface area contributed by atoms with Crippen molar-refractivity contribution in [2.24, 2.45) is 0 Å². The van der Waals surface area contributed by atoms with Crippen LogP contribution in [0.15, 0.2) is 0 Å². The van der Waals surface area contributed by atoms with Gasteiger partial charge in [-0.3, -0.25) is 0 Å². The van der Waals surface area contributed by atoms with Gasteiger partial charge in [0.05, 0.1) is 12.8 Å². The number of aryl methyl sites for hydroxylation is 2. The minimum Gasteiger partial charge on any atom is -0.465 e. The number of hydrogen-bond acceptors (Lipinski definition) is 5. The molecule has 0 spiro atoms. The number of methoxy groups -OCH3 is 1. The van der Waals surface area contributed by atoms with E-state index < -0.39 is 5.97 Å². The molecule has 1 rings (SSSR count). The Bertz CT molecular complexity index is 340. The fraction of sp³-hybridized carbons (Fsp3) is 0.444. The molecule has 0 aliphatic heterocycles. The molecule has 76 valence electrons. The van der Waals surface area contributed by atoms with Crippen LogP contribution in [0.25, 0.3) is 0 Å². The van der Waals surface area contributed by atoms with Crippen molar-refractivity contribution in [3.05, 3.63) is 17.1 Å². The Morgan fingerprint density at radius 1 is 1.50 bits per heavy atom. The highest BCUT2D eigenvalue weighted by Crippen LogP contribution is 2.14. The van der Waals surface area contributed by atoms with Gasteiger partial charge in [0.2, 0.25) is 0 Å². The van der Waals surface area contributed by atoms with Crippen LogP contribution in [0, 0.1) is 6.92 Å². The highest BCUT2D eigenvalue weighted by atomic mass is 16.5. The van der Waals surface area contributed by atoms with Gasteiger partial charge in [-0.05, 0) is 6.92 Å². The predicted molar refractivity (Wildman–Crippen MR) is 51.9 cm³/mol. The zero-order chi connectivity index (χ0) is 10.7. The zero-order valence-electron chi connectivity index (χ0n) is 8.50. The zero-order valence-corrected chi connectivity index (χ0v) is 8.50. The summed E-state index contributed by atoms with van der Waals surface area (Å²) in [5.74, 6) is 0.316. The lowest BCUT2D eigenvalue weighted by molar-refractivity contribution is 0.0600. The predicted octanol–water partition coefficient (Wildman–Crippen LogP) is 0.716. The smallest absolute Gasteiger partial charge is 0.343 e. The molecule has 0 saturated heterocycles. The van der Waals surface area contributed by atoms with Crippen molar-refractivity contribution in [3.63, 3.8) is 0 Å². The fourth-order valence-corrected chi connectivity index (χ4v) is 1.17. The third-order valence-electron chi connectivity index (χ3n) is 1.87. The molecule has 2 N–H and O–H groups in total. The third-order valence-corrected chi connectivity index (χ3v) is 1.87. The summed E-state index contributed by atoms with van der Waals surface area (Å²) in [5.41, 5.74) is 6.43. The van der Waals surface area contributed by atoms with Crippen LogP contribution >= 0.6 is 0 Å². The summed E-state index contributed by atoms with van der Waals surface area (Å²) >= 11 is 0. The number of nitrogens with zero attached hydrogens (tertiary/aromatic N) is 2. The Balaban J connectivity index is 3.25. The van der Waals surface area contributed by atoms with Crippen molar-refractivity contribution in [3.8, 4) is 0 Å². The van der Waals surface area contributed by atoms with Gasteiger partial charge in [0.25, 0.3) is 0 Å². The molecule has 5 nitrogen and oxygen atoms in total. The van der Waals surface area contributed by atoms with E-state index in [0.29, 0.717) is 17.9 Å². The van der Waals surface area contributed by atoms with Crippen LogP contribution in [0.4, 0.5) is 5.82 Å². The van der Waals surface area contributed by atoms with Gasteiger partial charge in [-0.15, -0.1) is 0 Å². The highest BCUT2D eigenvalue weighted by molar-refractivity contribution is 5.95. The molecule has 1 aromatic heterocycles. The van der Waals surface area contributed by atoms with E-state index in [1.807, 2.05) is 6.92 Å². The Hall–Kier alpha value is -1.65. The minimum atomic E-state index is -0.498. The fourth-order valence-electron chi connectivity index (χ4n) is 1.17. The Labute approximate surface area is 82.3 Å². The van der Waals surface area contributed by atoms with Gasteiger partial charge in [-0.2, -0.15) is 0 Å². The molecule has 1 aromatic rings. The van der Waals surface area contributed by atoms with Gasteiger partial charge in [0.15, 0.2) is 0 Å². The van der Waals surface area contributed by atoms with E-state index in [1.54, 1.807) is 6.92 Å². The van der Waals surface area contributed by atoms with Gasteiger partial charge in [0.1, 0.15) is 17.2 Å². The lowest BCUT2D eigenvalue weighted by Crippen LogP contribution is -2.13. The molecule has 0 radical (unpaired) electrons. The van der Waals surface area contributed by atoms with Crippen LogP contribution in [0.3, 0.4) is 0 Å². The van der Waals surface area contributed by atoms with E-state index in [1.165, 1.54) is 7.11 Å². The summed E-state index contributed by atoms with van der Waals surface area (Å²) in [6.07, 6.45) is 0.687. The average Bonchev–Trinajstić information content (AvgIpc) is 2.16. The van der Waals surface area contributed by atoms with Crippen LogP contribution in [0.1, 0.15) is 28.8 Å². The van der Waals surface area contributed by atoms with E-state index >= 15 is 0 Å². The van der Waals surface area contributed by atoms with E-state index in [9.17, 15) is 4.79 Å². The molecule has 1 heterocycles. The number of ether oxygens (including phenoxy) is 1. The number of aromatic nitrogens is 2. The molecular formula is C9H13N3O2. The molecule has 0 bridgehead atoms. The first-order chi connectivity index (χ1) is 6.60. The van der Waals surface area contributed by atoms with E-state index in [0.717, 1.165) is 0 Å². The summed E-state index contributed by atoms with van der Waals surface area (Å²) in [6, 6.07) is 0. The van der Waals surface area contributed by atoms with Crippen molar-refractivity contribution in [1.82, 2.24) is 9.97 Å². The maximum atomic E-state index is 11.3. The SMILES string of the molecule is CCc1nc(C)c(C(=O)OC)c(N)n1. The van der Waals surface area contributed by atoms with Crippen LogP contribution in [0.2, 0.25) is 0 Å². The number of hydrogen-bond donors (Lipinski definition) is 1. The van der Waals surface area contributed by atoms with E-state index in [-0.39, 0.29) is 11.4 Å². The number of nitrogens with two attached hydrogens (primary N) is 1. The van der Waals surface area contributed by atoms with Gasteiger partial charge in [0, 0.05) is 6.42 Å². The van der Waals surface area contributed by atoms with Crippen molar-refractivity contribution < 1.29 is 9.53 Å². The minimum absolute atomic E-state index is 0.182. The topological polar surface area (TPSA) is 78.1 Å². The molecule has 14 heavy (non-hydrogen) atoms. The van der Waals surface area contributed by atoms with Crippen molar-refractivity contribution >= 4 is 11.8 Å². The second kappa shape index (κ2) is 4.04. The van der Waals surface area contributed by atoms with Crippen LogP contribution < -0.4 is 5.73 Å². The van der Waals surface area contributed by atoms with Crippen LogP contribution in [-0.4, -0.2) is 23.0 Å². The van der Waals surface area contributed by atoms with Gasteiger partial charge < -0.3 is 10.5 Å². The Morgan fingerprint density at radius 2 is 2.14 bits per heavy atom. The van der Waals surface area contributed by atoms with E-state index in [4.69, 9.17) is 5.73 Å². The quantitative estimate of drug-likeness (QED) is 0.703. The third kappa shape index (κ3) is 1.81. The van der Waals surface area contributed by atoms with Crippen molar-refractivity contribution in [2.75, 3.05) is 12.8 Å². The molecule has 5 heteroatoms. The Morgan fingerprint density at radius 3 is 2.57 bits per heavy atom. The Kier molecular flexibility index (Phi) is 3.01. The number of nitrogen functional groups attached to an aromatic ring is 1. The first-order valence-electron chi connectivity index (χ1n) is 4.31. The number of anilines is 1. The molecule has 0 aromatic carbocycles. The number of esters is 1. The number of carbonyl (C=O) groups excluding carboxylic acids is 1. The lowest BCUT2D eigenvalue weighted by atomic mass is 10.2. The largest absolute Gasteiger partial charge is 0.465 e. The van der Waals surface area contributed by atoms with Gasteiger partial charge >= 0.3 is 5.97 Å². The molecule has 0 saturated carbocycles. The number of carbonyl (C=O) groups is 1. The summed E-state index contributed by atoms with van der Waals surface area (Å²) < 4.78 is 4.57. The summed E-state index contributed by atoms with van der Waals surface area (Å²) in [7, 11) is 1.30. The van der Waals surface area contributed by atoms with Crippen molar-refractivity contribution in [2.45, 2.75) is 20.3 Å². The molecule has 0 amide bonds. The van der Waals surface area contributed by atoms with Crippen LogP contribution in [0.5, 0.6) is 0 Å².